The first-order valence-corrected chi connectivity index (χ1v) is 7.33. The fourth-order valence-corrected chi connectivity index (χ4v) is 3.02. The quantitative estimate of drug-likeness (QED) is 0.848. The van der Waals surface area contributed by atoms with Gasteiger partial charge in [0.1, 0.15) is 11.6 Å². The molecular formula is C14H16BrF2NO2. The van der Waals surface area contributed by atoms with Crippen LogP contribution in [0, 0.1) is 17.6 Å². The molecule has 0 aromatic heterocycles. The Balaban J connectivity index is 2.06. The van der Waals surface area contributed by atoms with Crippen molar-refractivity contribution in [3.8, 4) is 0 Å². The molecule has 1 aromatic carbocycles. The molecule has 1 fully saturated rings. The van der Waals surface area contributed by atoms with Crippen molar-refractivity contribution in [3.05, 3.63) is 33.8 Å². The van der Waals surface area contributed by atoms with Crippen molar-refractivity contribution in [2.75, 3.05) is 13.1 Å². The number of benzene rings is 1. The number of piperidine rings is 1. The lowest BCUT2D eigenvalue weighted by Crippen LogP contribution is -2.36. The van der Waals surface area contributed by atoms with Crippen molar-refractivity contribution in [1.82, 2.24) is 4.90 Å². The monoisotopic (exact) mass is 347 g/mol. The highest BCUT2D eigenvalue weighted by molar-refractivity contribution is 9.10. The first-order chi connectivity index (χ1) is 9.47. The zero-order valence-corrected chi connectivity index (χ0v) is 12.5. The van der Waals surface area contributed by atoms with Crippen molar-refractivity contribution in [2.45, 2.75) is 25.8 Å². The first kappa shape index (κ1) is 15.4. The highest BCUT2D eigenvalue weighted by Crippen LogP contribution is 2.26. The van der Waals surface area contributed by atoms with E-state index in [1.165, 1.54) is 12.1 Å². The fourth-order valence-electron chi connectivity index (χ4n) is 2.65. The summed E-state index contributed by atoms with van der Waals surface area (Å²) < 4.78 is 27.9. The number of hydrogen-bond donors (Lipinski definition) is 1. The molecule has 0 aliphatic carbocycles. The van der Waals surface area contributed by atoms with Crippen molar-refractivity contribution >= 4 is 21.9 Å². The number of nitrogens with zero attached hydrogens (tertiary/aromatic N) is 1. The van der Waals surface area contributed by atoms with Crippen LogP contribution >= 0.6 is 15.9 Å². The van der Waals surface area contributed by atoms with Gasteiger partial charge in [-0.05, 0) is 53.4 Å². The largest absolute Gasteiger partial charge is 0.481 e. The van der Waals surface area contributed by atoms with Crippen LogP contribution < -0.4 is 0 Å². The molecule has 1 aromatic rings. The third-order valence-corrected chi connectivity index (χ3v) is 4.20. The second kappa shape index (κ2) is 6.63. The standard InChI is InChI=1S/C14H16BrF2NO2/c15-11-3-4-12(16)10(14(11)17)8-18-5-1-2-9(7-18)6-13(19)20/h3-4,9H,1-2,5-8H2,(H,19,20). The van der Waals surface area contributed by atoms with E-state index < -0.39 is 17.6 Å². The molecule has 1 atom stereocenters. The normalized spacial score (nSPS) is 20.1. The van der Waals surface area contributed by atoms with E-state index in [9.17, 15) is 13.6 Å². The van der Waals surface area contributed by atoms with Gasteiger partial charge in [0.05, 0.1) is 4.47 Å². The molecule has 0 spiro atoms. The second-order valence-electron chi connectivity index (χ2n) is 5.16. The topological polar surface area (TPSA) is 40.5 Å². The molecule has 2 rings (SSSR count). The second-order valence-corrected chi connectivity index (χ2v) is 6.02. The molecule has 1 unspecified atom stereocenters. The van der Waals surface area contributed by atoms with E-state index in [1.807, 2.05) is 4.90 Å². The summed E-state index contributed by atoms with van der Waals surface area (Å²) in [4.78, 5) is 12.7. The SMILES string of the molecule is O=C(O)CC1CCCN(Cc2c(F)ccc(Br)c2F)C1. The van der Waals surface area contributed by atoms with E-state index in [0.29, 0.717) is 6.54 Å². The zero-order valence-electron chi connectivity index (χ0n) is 10.9. The predicted molar refractivity (Wildman–Crippen MR) is 74.3 cm³/mol. The molecule has 3 nitrogen and oxygen atoms in total. The lowest BCUT2D eigenvalue weighted by Gasteiger charge is -2.32. The van der Waals surface area contributed by atoms with Gasteiger partial charge in [-0.25, -0.2) is 8.78 Å². The van der Waals surface area contributed by atoms with Gasteiger partial charge in [0.2, 0.25) is 0 Å². The van der Waals surface area contributed by atoms with E-state index in [4.69, 9.17) is 5.11 Å². The summed E-state index contributed by atoms with van der Waals surface area (Å²) in [6, 6.07) is 2.58. The van der Waals surface area contributed by atoms with Crippen LogP contribution in [0.3, 0.4) is 0 Å². The number of carboxylic acids is 1. The van der Waals surface area contributed by atoms with Crippen LogP contribution in [0.4, 0.5) is 8.78 Å². The Bertz CT molecular complexity index is 510. The average molecular weight is 348 g/mol. The number of carbonyl (C=O) groups is 1. The number of hydrogen-bond acceptors (Lipinski definition) is 2. The van der Waals surface area contributed by atoms with Gasteiger partial charge in [-0.2, -0.15) is 0 Å². The van der Waals surface area contributed by atoms with E-state index in [-0.39, 0.29) is 28.9 Å². The van der Waals surface area contributed by atoms with Crippen LogP contribution in [-0.4, -0.2) is 29.1 Å². The molecule has 1 saturated heterocycles. The smallest absolute Gasteiger partial charge is 0.303 e. The highest BCUT2D eigenvalue weighted by Gasteiger charge is 2.24. The molecule has 6 heteroatoms. The molecular weight excluding hydrogens is 332 g/mol. The lowest BCUT2D eigenvalue weighted by molar-refractivity contribution is -0.138. The van der Waals surface area contributed by atoms with Crippen LogP contribution in [0.2, 0.25) is 0 Å². The average Bonchev–Trinajstić information content (AvgIpc) is 2.39. The van der Waals surface area contributed by atoms with Crippen molar-refractivity contribution < 1.29 is 18.7 Å². The highest BCUT2D eigenvalue weighted by atomic mass is 79.9. The Labute approximate surface area is 124 Å². The van der Waals surface area contributed by atoms with Gasteiger partial charge in [-0.1, -0.05) is 0 Å². The maximum atomic E-state index is 13.9. The van der Waals surface area contributed by atoms with Crippen LogP contribution in [0.25, 0.3) is 0 Å². The zero-order chi connectivity index (χ0) is 14.7. The minimum Gasteiger partial charge on any atom is -0.481 e. The Morgan fingerprint density at radius 2 is 2.20 bits per heavy atom. The summed E-state index contributed by atoms with van der Waals surface area (Å²) in [6.07, 6.45) is 1.82. The molecule has 1 N–H and O–H groups in total. The minimum atomic E-state index is -0.823. The van der Waals surface area contributed by atoms with Gasteiger partial charge in [0.25, 0.3) is 0 Å². The minimum absolute atomic E-state index is 0.0374. The van der Waals surface area contributed by atoms with Gasteiger partial charge in [0.15, 0.2) is 0 Å². The third kappa shape index (κ3) is 3.76. The van der Waals surface area contributed by atoms with Gasteiger partial charge in [-0.3, -0.25) is 9.69 Å². The van der Waals surface area contributed by atoms with Gasteiger partial charge in [0, 0.05) is 25.1 Å². The Kier molecular flexibility index (Phi) is 5.10. The maximum Gasteiger partial charge on any atom is 0.303 e. The maximum absolute atomic E-state index is 13.9. The number of halogens is 3. The summed E-state index contributed by atoms with van der Waals surface area (Å²) in [5.74, 6) is -1.91. The molecule has 0 radical (unpaired) electrons. The first-order valence-electron chi connectivity index (χ1n) is 6.54. The van der Waals surface area contributed by atoms with Crippen LogP contribution in [0.1, 0.15) is 24.8 Å². The van der Waals surface area contributed by atoms with Crippen LogP contribution in [0.15, 0.2) is 16.6 Å². The molecule has 0 bridgehead atoms. The Morgan fingerprint density at radius 3 is 2.90 bits per heavy atom. The molecule has 110 valence electrons. The molecule has 20 heavy (non-hydrogen) atoms. The van der Waals surface area contributed by atoms with Crippen LogP contribution in [0.5, 0.6) is 0 Å². The van der Waals surface area contributed by atoms with Gasteiger partial charge >= 0.3 is 5.97 Å². The van der Waals surface area contributed by atoms with E-state index in [0.717, 1.165) is 19.4 Å². The van der Waals surface area contributed by atoms with Gasteiger partial charge in [-0.15, -0.1) is 0 Å². The summed E-state index contributed by atoms with van der Waals surface area (Å²) in [6.45, 7) is 1.48. The molecule has 1 aliphatic rings. The van der Waals surface area contributed by atoms with E-state index in [2.05, 4.69) is 15.9 Å². The van der Waals surface area contributed by atoms with Crippen molar-refractivity contribution in [1.29, 1.82) is 0 Å². The Morgan fingerprint density at radius 1 is 1.45 bits per heavy atom. The summed E-state index contributed by atoms with van der Waals surface area (Å²) in [5.41, 5.74) is 0.0374. The molecule has 0 amide bonds. The van der Waals surface area contributed by atoms with Gasteiger partial charge < -0.3 is 5.11 Å². The predicted octanol–water partition coefficient (Wildman–Crippen LogP) is 3.41. The summed E-state index contributed by atoms with van der Waals surface area (Å²) >= 11 is 3.05. The summed E-state index contributed by atoms with van der Waals surface area (Å²) in [5, 5.41) is 8.82. The fraction of sp³-hybridized carbons (Fsp3) is 0.500. The molecule has 1 aliphatic heterocycles. The molecule has 1 heterocycles. The third-order valence-electron chi connectivity index (χ3n) is 3.59. The molecule has 0 saturated carbocycles. The van der Waals surface area contributed by atoms with Crippen LogP contribution in [-0.2, 0) is 11.3 Å². The van der Waals surface area contributed by atoms with E-state index >= 15 is 0 Å². The number of rotatable bonds is 4. The number of likely N-dealkylation sites (tertiary alicyclic amines) is 1. The van der Waals surface area contributed by atoms with E-state index in [1.54, 1.807) is 0 Å². The summed E-state index contributed by atoms with van der Waals surface area (Å²) in [7, 11) is 0. The van der Waals surface area contributed by atoms with Crippen molar-refractivity contribution in [2.24, 2.45) is 5.92 Å². The lowest BCUT2D eigenvalue weighted by atomic mass is 9.94. The Hall–Kier alpha value is -1.01. The number of aliphatic carboxylic acids is 1. The van der Waals surface area contributed by atoms with Crippen molar-refractivity contribution in [3.63, 3.8) is 0 Å². The number of carboxylic acid groups (broad SMARTS) is 1.